The molecule has 1 amide bonds. The molecule has 3 aromatic heterocycles. The van der Waals surface area contributed by atoms with E-state index in [1.165, 1.54) is 15.1 Å². The maximum Gasteiger partial charge on any atom is 0.352 e. The fourth-order valence-electron chi connectivity index (χ4n) is 3.84. The van der Waals surface area contributed by atoms with Gasteiger partial charge in [-0.05, 0) is 50.5 Å². The van der Waals surface area contributed by atoms with Gasteiger partial charge < -0.3 is 5.32 Å². The zero-order chi connectivity index (χ0) is 18.0. The Morgan fingerprint density at radius 1 is 1.35 bits per heavy atom. The van der Waals surface area contributed by atoms with Crippen LogP contribution in [0.15, 0.2) is 4.79 Å². The molecule has 1 fully saturated rings. The minimum Gasteiger partial charge on any atom is -0.352 e. The molecule has 0 spiro atoms. The fraction of sp³-hybridized carbons (Fsp3) is 0.556. The standard InChI is InChI=1S/C18H21N5O2S/c1-9-3-6-12-13(7-9)26-17-15(12)16-21-22(8-14(24)20-11-4-5-11)18(25)23(16)10(2)19-17/h9,11H,3-8H2,1-2H3,(H,20,24). The van der Waals surface area contributed by atoms with Crippen molar-refractivity contribution in [1.29, 1.82) is 0 Å². The third kappa shape index (κ3) is 2.46. The molecule has 2 aliphatic rings. The highest BCUT2D eigenvalue weighted by Crippen LogP contribution is 2.38. The summed E-state index contributed by atoms with van der Waals surface area (Å²) in [7, 11) is 0. The molecule has 5 rings (SSSR count). The second-order valence-corrected chi connectivity index (χ2v) is 8.72. The van der Waals surface area contributed by atoms with E-state index >= 15 is 0 Å². The van der Waals surface area contributed by atoms with Gasteiger partial charge in [0.15, 0.2) is 5.65 Å². The highest BCUT2D eigenvalue weighted by molar-refractivity contribution is 7.19. The summed E-state index contributed by atoms with van der Waals surface area (Å²) in [6, 6.07) is 0.274. The molecule has 0 radical (unpaired) electrons. The number of carbonyl (C=O) groups is 1. The Hall–Kier alpha value is -2.22. The molecule has 3 aromatic rings. The number of hydrogen-bond donors (Lipinski definition) is 1. The summed E-state index contributed by atoms with van der Waals surface area (Å²) in [5, 5.41) is 8.46. The summed E-state index contributed by atoms with van der Waals surface area (Å²) >= 11 is 1.72. The van der Waals surface area contributed by atoms with Crippen LogP contribution in [0.25, 0.3) is 15.9 Å². The molecule has 3 heterocycles. The maximum absolute atomic E-state index is 12.8. The van der Waals surface area contributed by atoms with Crippen molar-refractivity contribution < 1.29 is 4.79 Å². The number of aryl methyl sites for hydroxylation is 2. The molecule has 0 bridgehead atoms. The van der Waals surface area contributed by atoms with Crippen LogP contribution < -0.4 is 11.0 Å². The first kappa shape index (κ1) is 16.0. The first-order chi connectivity index (χ1) is 12.5. The molecule has 0 aliphatic heterocycles. The summed E-state index contributed by atoms with van der Waals surface area (Å²) in [6.45, 7) is 4.06. The van der Waals surface area contributed by atoms with Crippen molar-refractivity contribution >= 4 is 33.1 Å². The lowest BCUT2D eigenvalue weighted by Crippen LogP contribution is -2.34. The third-order valence-corrected chi connectivity index (χ3v) is 6.53. The average molecular weight is 371 g/mol. The largest absolute Gasteiger partial charge is 0.352 e. The maximum atomic E-state index is 12.8. The Labute approximate surface area is 154 Å². The number of aromatic nitrogens is 4. The van der Waals surface area contributed by atoms with Gasteiger partial charge in [-0.2, -0.15) is 0 Å². The van der Waals surface area contributed by atoms with E-state index in [9.17, 15) is 9.59 Å². The molecule has 7 nitrogen and oxygen atoms in total. The van der Waals surface area contributed by atoms with Gasteiger partial charge in [0.05, 0.1) is 5.39 Å². The van der Waals surface area contributed by atoms with E-state index in [4.69, 9.17) is 0 Å². The third-order valence-electron chi connectivity index (χ3n) is 5.38. The molecule has 1 N–H and O–H groups in total. The van der Waals surface area contributed by atoms with Crippen LogP contribution in [-0.4, -0.2) is 31.1 Å². The van der Waals surface area contributed by atoms with E-state index in [-0.39, 0.29) is 24.2 Å². The van der Waals surface area contributed by atoms with Crippen molar-refractivity contribution in [3.8, 4) is 0 Å². The zero-order valence-electron chi connectivity index (χ0n) is 14.9. The summed E-state index contributed by atoms with van der Waals surface area (Å²) in [4.78, 5) is 31.9. The van der Waals surface area contributed by atoms with Crippen LogP contribution in [0.1, 0.15) is 42.5 Å². The van der Waals surface area contributed by atoms with Gasteiger partial charge in [-0.15, -0.1) is 16.4 Å². The first-order valence-electron chi connectivity index (χ1n) is 9.21. The van der Waals surface area contributed by atoms with Gasteiger partial charge in [-0.1, -0.05) is 6.92 Å². The second kappa shape index (κ2) is 5.64. The summed E-state index contributed by atoms with van der Waals surface area (Å²) in [5.74, 6) is 1.15. The number of amides is 1. The molecule has 8 heteroatoms. The number of thiophene rings is 1. The van der Waals surface area contributed by atoms with Gasteiger partial charge in [0, 0.05) is 10.9 Å². The minimum absolute atomic E-state index is 0.0404. The van der Waals surface area contributed by atoms with Crippen LogP contribution >= 0.6 is 11.3 Å². The summed E-state index contributed by atoms with van der Waals surface area (Å²) < 4.78 is 2.83. The quantitative estimate of drug-likeness (QED) is 0.761. The molecule has 2 aliphatic carbocycles. The number of hydrogen-bond acceptors (Lipinski definition) is 5. The topological polar surface area (TPSA) is 81.3 Å². The molecular weight excluding hydrogens is 350 g/mol. The van der Waals surface area contributed by atoms with Crippen molar-refractivity contribution in [2.24, 2.45) is 5.92 Å². The van der Waals surface area contributed by atoms with Crippen LogP contribution in [0.4, 0.5) is 0 Å². The SMILES string of the molecule is Cc1nc2sc3c(c2c2nn(CC(=O)NC4CC4)c(=O)n12)CCC(C)C3. The Morgan fingerprint density at radius 2 is 2.15 bits per heavy atom. The van der Waals surface area contributed by atoms with Gasteiger partial charge in [-0.25, -0.2) is 18.9 Å². The van der Waals surface area contributed by atoms with E-state index < -0.39 is 0 Å². The summed E-state index contributed by atoms with van der Waals surface area (Å²) in [6.07, 6.45) is 5.26. The molecule has 1 saturated carbocycles. The van der Waals surface area contributed by atoms with E-state index in [1.54, 1.807) is 15.7 Å². The lowest BCUT2D eigenvalue weighted by Gasteiger charge is -2.17. The Morgan fingerprint density at radius 3 is 2.92 bits per heavy atom. The Bertz CT molecular complexity index is 1100. The monoisotopic (exact) mass is 371 g/mol. The van der Waals surface area contributed by atoms with E-state index in [0.717, 1.165) is 42.3 Å². The molecule has 0 saturated heterocycles. The van der Waals surface area contributed by atoms with Crippen molar-refractivity contribution in [1.82, 2.24) is 24.5 Å². The summed E-state index contributed by atoms with van der Waals surface area (Å²) in [5.41, 5.74) is 1.64. The van der Waals surface area contributed by atoms with Crippen molar-refractivity contribution in [3.63, 3.8) is 0 Å². The fourth-order valence-corrected chi connectivity index (χ4v) is 5.27. The molecule has 0 aromatic carbocycles. The number of nitrogens with zero attached hydrogens (tertiary/aromatic N) is 4. The highest BCUT2D eigenvalue weighted by Gasteiger charge is 2.26. The van der Waals surface area contributed by atoms with E-state index in [2.05, 4.69) is 22.3 Å². The van der Waals surface area contributed by atoms with Gasteiger partial charge in [0.25, 0.3) is 0 Å². The Kier molecular flexibility index (Phi) is 3.47. The van der Waals surface area contributed by atoms with Crippen LogP contribution in [0.2, 0.25) is 0 Å². The second-order valence-electron chi connectivity index (χ2n) is 7.63. The van der Waals surface area contributed by atoms with Gasteiger partial charge in [-0.3, -0.25) is 4.79 Å². The van der Waals surface area contributed by atoms with E-state index in [1.807, 2.05) is 6.92 Å². The van der Waals surface area contributed by atoms with Crippen molar-refractivity contribution in [3.05, 3.63) is 26.7 Å². The number of fused-ring (bicyclic) bond motifs is 5. The molecule has 136 valence electrons. The molecule has 1 unspecified atom stereocenters. The van der Waals surface area contributed by atoms with Crippen molar-refractivity contribution in [2.45, 2.75) is 58.5 Å². The molecule has 1 atom stereocenters. The lowest BCUT2D eigenvalue weighted by molar-refractivity contribution is -0.122. The number of carbonyl (C=O) groups excluding carboxylic acids is 1. The minimum atomic E-state index is -0.290. The zero-order valence-corrected chi connectivity index (χ0v) is 15.7. The van der Waals surface area contributed by atoms with Crippen LogP contribution in [0.5, 0.6) is 0 Å². The van der Waals surface area contributed by atoms with Crippen LogP contribution in [0.3, 0.4) is 0 Å². The van der Waals surface area contributed by atoms with Crippen LogP contribution in [0, 0.1) is 12.8 Å². The number of nitrogens with one attached hydrogen (secondary N) is 1. The predicted molar refractivity (Wildman–Crippen MR) is 99.7 cm³/mol. The van der Waals surface area contributed by atoms with Gasteiger partial charge in [0.2, 0.25) is 5.91 Å². The lowest BCUT2D eigenvalue weighted by atomic mass is 9.89. The first-order valence-corrected chi connectivity index (χ1v) is 10.0. The Balaban J connectivity index is 1.66. The average Bonchev–Trinajstić information content (AvgIpc) is 3.23. The normalized spacial score (nSPS) is 19.8. The van der Waals surface area contributed by atoms with E-state index in [0.29, 0.717) is 17.4 Å². The molecular formula is C18H21N5O2S. The van der Waals surface area contributed by atoms with Crippen LogP contribution in [-0.2, 0) is 24.2 Å². The molecule has 26 heavy (non-hydrogen) atoms. The van der Waals surface area contributed by atoms with Crippen molar-refractivity contribution in [2.75, 3.05) is 0 Å². The number of rotatable bonds is 3. The predicted octanol–water partition coefficient (Wildman–Crippen LogP) is 1.82. The van der Waals surface area contributed by atoms with Gasteiger partial charge in [0.1, 0.15) is 17.2 Å². The smallest absolute Gasteiger partial charge is 0.352 e. The van der Waals surface area contributed by atoms with Gasteiger partial charge >= 0.3 is 5.69 Å². The highest BCUT2D eigenvalue weighted by atomic mass is 32.1.